The van der Waals surface area contributed by atoms with Crippen LogP contribution >= 0.6 is 11.3 Å². The Morgan fingerprint density at radius 1 is 1.43 bits per heavy atom. The quantitative estimate of drug-likeness (QED) is 0.780. The van der Waals surface area contributed by atoms with E-state index in [1.165, 1.54) is 19.4 Å². The third-order valence-corrected chi connectivity index (χ3v) is 5.27. The third kappa shape index (κ3) is 2.94. The lowest BCUT2D eigenvalue weighted by Crippen LogP contribution is -2.34. The zero-order chi connectivity index (χ0) is 15.6. The summed E-state index contributed by atoms with van der Waals surface area (Å²) in [4.78, 5) is 12.2. The van der Waals surface area contributed by atoms with Crippen molar-refractivity contribution in [2.75, 3.05) is 25.0 Å². The molecule has 120 valence electrons. The van der Waals surface area contributed by atoms with Gasteiger partial charge in [0.2, 0.25) is 10.1 Å². The molecule has 4 rings (SSSR count). The minimum atomic E-state index is 0.627. The van der Waals surface area contributed by atoms with E-state index in [1.807, 2.05) is 29.0 Å². The van der Waals surface area contributed by atoms with Crippen molar-refractivity contribution in [3.63, 3.8) is 0 Å². The van der Waals surface area contributed by atoms with Crippen LogP contribution in [0.2, 0.25) is 0 Å². The highest BCUT2D eigenvalue weighted by molar-refractivity contribution is 7.20. The summed E-state index contributed by atoms with van der Waals surface area (Å²) in [7, 11) is 0. The summed E-state index contributed by atoms with van der Waals surface area (Å²) in [5.41, 5.74) is 1.93. The van der Waals surface area contributed by atoms with Gasteiger partial charge >= 0.3 is 0 Å². The topological polar surface area (TPSA) is 58.4 Å². The fraction of sp³-hybridized carbons (Fsp3) is 0.438. The third-order valence-electron chi connectivity index (χ3n) is 4.39. The number of nitrogens with one attached hydrogen (secondary N) is 1. The van der Waals surface area contributed by atoms with E-state index < -0.39 is 0 Å². The van der Waals surface area contributed by atoms with Crippen molar-refractivity contribution in [1.82, 2.24) is 24.5 Å². The maximum Gasteiger partial charge on any atom is 0.214 e. The number of likely N-dealkylation sites (N-methyl/N-ethyl adjacent to an activating group) is 1. The van der Waals surface area contributed by atoms with Crippen molar-refractivity contribution < 1.29 is 0 Å². The van der Waals surface area contributed by atoms with Crippen molar-refractivity contribution in [3.8, 4) is 11.3 Å². The maximum atomic E-state index is 4.64. The molecule has 1 N–H and O–H groups in total. The second-order valence-electron chi connectivity index (χ2n) is 5.81. The zero-order valence-electron chi connectivity index (χ0n) is 13.1. The molecule has 1 unspecified atom stereocenters. The van der Waals surface area contributed by atoms with Gasteiger partial charge in [0.05, 0.1) is 11.9 Å². The molecule has 1 fully saturated rings. The summed E-state index contributed by atoms with van der Waals surface area (Å²) >= 11 is 1.60. The normalized spacial score (nSPS) is 18.7. The van der Waals surface area contributed by atoms with Crippen molar-refractivity contribution in [2.45, 2.75) is 25.8 Å². The molecule has 0 saturated carbocycles. The molecule has 1 aliphatic rings. The number of anilines is 1. The molecule has 1 saturated heterocycles. The van der Waals surface area contributed by atoms with E-state index in [9.17, 15) is 0 Å². The molecular weight excluding hydrogens is 308 g/mol. The molecule has 7 heteroatoms. The fourth-order valence-electron chi connectivity index (χ4n) is 3.17. The summed E-state index contributed by atoms with van der Waals surface area (Å²) in [6.07, 6.45) is 8.13. The minimum Gasteiger partial charge on any atom is -0.359 e. The second kappa shape index (κ2) is 6.25. The molecule has 1 atom stereocenters. The second-order valence-corrected chi connectivity index (χ2v) is 6.76. The van der Waals surface area contributed by atoms with Crippen LogP contribution in [0.5, 0.6) is 0 Å². The van der Waals surface area contributed by atoms with E-state index in [0.29, 0.717) is 6.04 Å². The summed E-state index contributed by atoms with van der Waals surface area (Å²) in [6, 6.07) is 4.56. The van der Waals surface area contributed by atoms with Gasteiger partial charge in [-0.25, -0.2) is 9.50 Å². The van der Waals surface area contributed by atoms with Crippen LogP contribution in [0, 0.1) is 0 Å². The summed E-state index contributed by atoms with van der Waals surface area (Å²) < 4.78 is 1.85. The number of fused-ring (bicyclic) bond motifs is 1. The Bertz CT molecular complexity index is 749. The Balaban J connectivity index is 1.46. The zero-order valence-corrected chi connectivity index (χ0v) is 14.0. The molecule has 23 heavy (non-hydrogen) atoms. The molecule has 6 nitrogen and oxygen atoms in total. The van der Waals surface area contributed by atoms with E-state index in [-0.39, 0.29) is 0 Å². The van der Waals surface area contributed by atoms with E-state index in [4.69, 9.17) is 0 Å². The van der Waals surface area contributed by atoms with Crippen molar-refractivity contribution in [1.29, 1.82) is 0 Å². The first kappa shape index (κ1) is 14.6. The van der Waals surface area contributed by atoms with Crippen LogP contribution in [0.1, 0.15) is 19.8 Å². The average molecular weight is 328 g/mol. The van der Waals surface area contributed by atoms with Gasteiger partial charge in [-0.2, -0.15) is 0 Å². The minimum absolute atomic E-state index is 0.627. The Hall–Kier alpha value is -1.99. The molecule has 0 bridgehead atoms. The molecule has 0 aromatic carbocycles. The number of hydrogen-bond acceptors (Lipinski definition) is 6. The molecule has 4 heterocycles. The lowest BCUT2D eigenvalue weighted by atomic mass is 10.2. The Morgan fingerprint density at radius 2 is 2.39 bits per heavy atom. The Labute approximate surface area is 139 Å². The van der Waals surface area contributed by atoms with Gasteiger partial charge in [0.1, 0.15) is 0 Å². The molecule has 3 aromatic heterocycles. The van der Waals surface area contributed by atoms with Gasteiger partial charge in [0, 0.05) is 30.5 Å². The van der Waals surface area contributed by atoms with Gasteiger partial charge in [-0.3, -0.25) is 9.88 Å². The van der Waals surface area contributed by atoms with E-state index in [1.54, 1.807) is 17.5 Å². The lowest BCUT2D eigenvalue weighted by molar-refractivity contribution is 0.277. The van der Waals surface area contributed by atoms with Gasteiger partial charge in [0.15, 0.2) is 0 Å². The van der Waals surface area contributed by atoms with Crippen LogP contribution < -0.4 is 5.32 Å². The highest BCUT2D eigenvalue weighted by Crippen LogP contribution is 2.24. The summed E-state index contributed by atoms with van der Waals surface area (Å²) in [6.45, 7) is 5.54. The number of nitrogens with zero attached hydrogens (tertiary/aromatic N) is 5. The lowest BCUT2D eigenvalue weighted by Gasteiger charge is -2.22. The number of aromatic nitrogens is 4. The SMILES string of the molecule is CCN1CCCC1CNc1nn2cc(-c3cccnc3)nc2s1. The molecule has 3 aromatic rings. The molecule has 0 amide bonds. The number of pyridine rings is 1. The van der Waals surface area contributed by atoms with E-state index in [0.717, 1.165) is 34.4 Å². The number of hydrogen-bond donors (Lipinski definition) is 1. The molecule has 0 radical (unpaired) electrons. The highest BCUT2D eigenvalue weighted by atomic mass is 32.1. The maximum absolute atomic E-state index is 4.64. The van der Waals surface area contributed by atoms with Crippen LogP contribution in [0.25, 0.3) is 16.2 Å². The van der Waals surface area contributed by atoms with Crippen LogP contribution in [-0.2, 0) is 0 Å². The summed E-state index contributed by atoms with van der Waals surface area (Å²) in [5, 5.41) is 9.01. The Morgan fingerprint density at radius 3 is 3.17 bits per heavy atom. The molecule has 1 aliphatic heterocycles. The smallest absolute Gasteiger partial charge is 0.214 e. The first-order valence-electron chi connectivity index (χ1n) is 8.08. The number of likely N-dealkylation sites (tertiary alicyclic amines) is 1. The van der Waals surface area contributed by atoms with Crippen LogP contribution in [0.4, 0.5) is 5.13 Å². The summed E-state index contributed by atoms with van der Waals surface area (Å²) in [5.74, 6) is 0. The van der Waals surface area contributed by atoms with Gasteiger partial charge in [-0.15, -0.1) is 5.10 Å². The van der Waals surface area contributed by atoms with Gasteiger partial charge < -0.3 is 5.32 Å². The first-order valence-corrected chi connectivity index (χ1v) is 8.89. The van der Waals surface area contributed by atoms with Crippen LogP contribution in [0.3, 0.4) is 0 Å². The fourth-order valence-corrected chi connectivity index (χ4v) is 3.96. The van der Waals surface area contributed by atoms with Crippen molar-refractivity contribution in [2.24, 2.45) is 0 Å². The van der Waals surface area contributed by atoms with E-state index >= 15 is 0 Å². The largest absolute Gasteiger partial charge is 0.359 e. The van der Waals surface area contributed by atoms with Gasteiger partial charge in [-0.05, 0) is 38.1 Å². The predicted octanol–water partition coefficient (Wildman–Crippen LogP) is 2.75. The van der Waals surface area contributed by atoms with Crippen molar-refractivity contribution in [3.05, 3.63) is 30.7 Å². The predicted molar refractivity (Wildman–Crippen MR) is 92.9 cm³/mol. The average Bonchev–Trinajstić information content (AvgIpc) is 3.27. The highest BCUT2D eigenvalue weighted by Gasteiger charge is 2.22. The molecule has 0 spiro atoms. The Kier molecular flexibility index (Phi) is 3.97. The standard InChI is InChI=1S/C16H20N6S/c1-2-21-8-4-6-13(21)10-18-15-20-22-11-14(19-16(22)23-15)12-5-3-7-17-9-12/h3,5,7,9,11,13H,2,4,6,8,10H2,1H3,(H,18,20). The van der Waals surface area contributed by atoms with Gasteiger partial charge in [-0.1, -0.05) is 18.3 Å². The first-order chi connectivity index (χ1) is 11.3. The number of rotatable bonds is 5. The van der Waals surface area contributed by atoms with Crippen LogP contribution in [-0.4, -0.2) is 50.2 Å². The molecular formula is C16H20N6S. The van der Waals surface area contributed by atoms with E-state index in [2.05, 4.69) is 32.2 Å². The van der Waals surface area contributed by atoms with Gasteiger partial charge in [0.25, 0.3) is 0 Å². The van der Waals surface area contributed by atoms with Crippen LogP contribution in [0.15, 0.2) is 30.7 Å². The monoisotopic (exact) mass is 328 g/mol. The van der Waals surface area contributed by atoms with Crippen molar-refractivity contribution >= 4 is 21.4 Å². The molecule has 0 aliphatic carbocycles. The number of imidazole rings is 1.